The molecule has 0 bridgehead atoms. The maximum atomic E-state index is 6.31. The first-order chi connectivity index (χ1) is 27.7. The molecule has 1 saturated carbocycles. The van der Waals surface area contributed by atoms with Crippen LogP contribution in [0.5, 0.6) is 0 Å². The first-order valence-electron chi connectivity index (χ1n) is 19.6. The highest BCUT2D eigenvalue weighted by Gasteiger charge is 2.43. The first kappa shape index (κ1) is 31.5. The second-order valence-corrected chi connectivity index (χ2v) is 15.4. The lowest BCUT2D eigenvalue weighted by Gasteiger charge is -2.36. The van der Waals surface area contributed by atoms with Crippen molar-refractivity contribution in [1.82, 2.24) is 15.0 Å². The summed E-state index contributed by atoms with van der Waals surface area (Å²) in [5.41, 5.74) is 14.2. The summed E-state index contributed by atoms with van der Waals surface area (Å²) >= 11 is 0. The normalized spacial score (nSPS) is 14.6. The van der Waals surface area contributed by atoms with Gasteiger partial charge in [0, 0.05) is 43.7 Å². The quantitative estimate of drug-likeness (QED) is 0.181. The minimum atomic E-state index is 0.134. The van der Waals surface area contributed by atoms with E-state index in [0.717, 1.165) is 66.1 Å². The average Bonchev–Trinajstić information content (AvgIpc) is 3.92. The number of rotatable bonds is 4. The van der Waals surface area contributed by atoms with Crippen LogP contribution in [0.1, 0.15) is 43.2 Å². The van der Waals surface area contributed by atoms with Crippen LogP contribution in [0.15, 0.2) is 160 Å². The number of benzene rings is 7. The highest BCUT2D eigenvalue weighted by atomic mass is 16.3. The zero-order chi connectivity index (χ0) is 36.8. The van der Waals surface area contributed by atoms with Crippen LogP contribution in [0.4, 0.5) is 0 Å². The molecule has 0 N–H and O–H groups in total. The van der Waals surface area contributed by atoms with Crippen LogP contribution in [-0.4, -0.2) is 15.0 Å². The fraction of sp³-hybridized carbons (Fsp3) is 0.118. The third-order valence-electron chi connectivity index (χ3n) is 12.4. The molecule has 0 unspecified atom stereocenters. The van der Waals surface area contributed by atoms with Crippen molar-refractivity contribution in [1.29, 1.82) is 0 Å². The number of hydrogen-bond acceptors (Lipinski definition) is 5. The summed E-state index contributed by atoms with van der Waals surface area (Å²) in [5.74, 6) is 1.78. The Labute approximate surface area is 323 Å². The lowest BCUT2D eigenvalue weighted by atomic mass is 9.68. The summed E-state index contributed by atoms with van der Waals surface area (Å²) in [4.78, 5) is 15.8. The van der Waals surface area contributed by atoms with Crippen molar-refractivity contribution in [2.75, 3.05) is 0 Å². The Kier molecular flexibility index (Phi) is 6.79. The van der Waals surface area contributed by atoms with Crippen molar-refractivity contribution in [2.45, 2.75) is 37.5 Å². The summed E-state index contributed by atoms with van der Waals surface area (Å²) < 4.78 is 12.6. The monoisotopic (exact) mass is 721 g/mol. The predicted octanol–water partition coefficient (Wildman–Crippen LogP) is 13.6. The standard InChI is InChI=1S/C51H35N3O2/c1-8-27-51(28-9-1)40-20-5-2-15-34(40)39-30-32(25-26-41(39)51)31-13-10-14-33(29-31)48-52-49(37-18-11-23-44-46(37)35-16-3-6-21-42(35)55-44)54-50(53-48)38-19-12-24-45-47(38)36-17-4-7-22-43(36)56-45/h2-7,10-26,29-30H,1,8-9,27-28H2. The largest absolute Gasteiger partial charge is 0.456 e. The predicted molar refractivity (Wildman–Crippen MR) is 225 cm³/mol. The van der Waals surface area contributed by atoms with Gasteiger partial charge < -0.3 is 8.83 Å². The lowest BCUT2D eigenvalue weighted by molar-refractivity contribution is 0.353. The number of furan rings is 2. The van der Waals surface area contributed by atoms with E-state index in [-0.39, 0.29) is 5.41 Å². The third-order valence-corrected chi connectivity index (χ3v) is 12.4. The van der Waals surface area contributed by atoms with E-state index in [4.69, 9.17) is 23.8 Å². The molecule has 0 saturated heterocycles. The third kappa shape index (κ3) is 4.64. The van der Waals surface area contributed by atoms with Crippen LogP contribution in [0.2, 0.25) is 0 Å². The van der Waals surface area contributed by atoms with Crippen LogP contribution in [0.25, 0.3) is 100 Å². The summed E-state index contributed by atoms with van der Waals surface area (Å²) in [6, 6.07) is 53.4. The van der Waals surface area contributed by atoms with Gasteiger partial charge in [0.15, 0.2) is 17.5 Å². The fourth-order valence-corrected chi connectivity index (χ4v) is 9.84. The number of hydrogen-bond donors (Lipinski definition) is 0. The van der Waals surface area contributed by atoms with E-state index >= 15 is 0 Å². The zero-order valence-corrected chi connectivity index (χ0v) is 30.6. The average molecular weight is 722 g/mol. The van der Waals surface area contributed by atoms with Gasteiger partial charge >= 0.3 is 0 Å². The minimum Gasteiger partial charge on any atom is -0.456 e. The Morgan fingerprint density at radius 1 is 0.375 bits per heavy atom. The van der Waals surface area contributed by atoms with Gasteiger partial charge in [0.05, 0.1) is 0 Å². The molecule has 2 aliphatic carbocycles. The van der Waals surface area contributed by atoms with Crippen molar-refractivity contribution in [3.8, 4) is 56.4 Å². The Morgan fingerprint density at radius 3 is 1.59 bits per heavy atom. The Balaban J connectivity index is 1.05. The summed E-state index contributed by atoms with van der Waals surface area (Å²) in [7, 11) is 0. The number of para-hydroxylation sites is 2. The molecule has 1 fully saturated rings. The number of nitrogens with zero attached hydrogens (tertiary/aromatic N) is 3. The van der Waals surface area contributed by atoms with E-state index in [1.807, 2.05) is 60.7 Å². The topological polar surface area (TPSA) is 65.0 Å². The fourth-order valence-electron chi connectivity index (χ4n) is 9.84. The Hall–Kier alpha value is -6.85. The molecule has 1 spiro atoms. The van der Waals surface area contributed by atoms with Crippen molar-refractivity contribution in [3.05, 3.63) is 163 Å². The van der Waals surface area contributed by atoms with E-state index < -0.39 is 0 Å². The lowest BCUT2D eigenvalue weighted by Crippen LogP contribution is -2.27. The smallest absolute Gasteiger partial charge is 0.164 e. The molecule has 7 aromatic carbocycles. The van der Waals surface area contributed by atoms with E-state index in [1.54, 1.807) is 0 Å². The molecule has 2 aliphatic rings. The molecular formula is C51H35N3O2. The first-order valence-corrected chi connectivity index (χ1v) is 19.6. The molecule has 0 amide bonds. The minimum absolute atomic E-state index is 0.134. The summed E-state index contributed by atoms with van der Waals surface area (Å²) in [5, 5.41) is 4.03. The van der Waals surface area contributed by atoms with Crippen molar-refractivity contribution >= 4 is 43.9 Å². The molecule has 266 valence electrons. The molecule has 0 aliphatic heterocycles. The maximum Gasteiger partial charge on any atom is 0.164 e. The summed E-state index contributed by atoms with van der Waals surface area (Å²) in [6.45, 7) is 0. The van der Waals surface area contributed by atoms with Crippen LogP contribution in [0, 0.1) is 0 Å². The summed E-state index contributed by atoms with van der Waals surface area (Å²) in [6.07, 6.45) is 6.33. The second kappa shape index (κ2) is 12.1. The van der Waals surface area contributed by atoms with Gasteiger partial charge in [-0.3, -0.25) is 0 Å². The highest BCUT2D eigenvalue weighted by molar-refractivity contribution is 6.13. The van der Waals surface area contributed by atoms with Gasteiger partial charge in [0.1, 0.15) is 22.3 Å². The molecule has 3 heterocycles. The van der Waals surface area contributed by atoms with Gasteiger partial charge in [-0.05, 0) is 82.6 Å². The van der Waals surface area contributed by atoms with Gasteiger partial charge in [-0.25, -0.2) is 15.0 Å². The van der Waals surface area contributed by atoms with E-state index in [0.29, 0.717) is 17.5 Å². The Bertz CT molecular complexity index is 3070. The van der Waals surface area contributed by atoms with Crippen LogP contribution < -0.4 is 0 Å². The molecule has 5 nitrogen and oxygen atoms in total. The van der Waals surface area contributed by atoms with Crippen molar-refractivity contribution < 1.29 is 8.83 Å². The van der Waals surface area contributed by atoms with Gasteiger partial charge in [0.2, 0.25) is 0 Å². The SMILES string of the molecule is c1cc(-c2ccc3c(c2)-c2ccccc2C32CCCCC2)cc(-c2nc(-c3cccc4oc5ccccc5c34)nc(-c3cccc4oc5ccccc5c34)n2)c1. The molecule has 5 heteroatoms. The molecular weight excluding hydrogens is 687 g/mol. The van der Waals surface area contributed by atoms with E-state index in [1.165, 1.54) is 59.9 Å². The van der Waals surface area contributed by atoms with Crippen molar-refractivity contribution in [2.24, 2.45) is 0 Å². The molecule has 0 radical (unpaired) electrons. The van der Waals surface area contributed by atoms with Crippen molar-refractivity contribution in [3.63, 3.8) is 0 Å². The van der Waals surface area contributed by atoms with Crippen LogP contribution in [0.3, 0.4) is 0 Å². The molecule has 0 atom stereocenters. The second-order valence-electron chi connectivity index (χ2n) is 15.4. The van der Waals surface area contributed by atoms with Gasteiger partial charge in [-0.15, -0.1) is 0 Å². The maximum absolute atomic E-state index is 6.31. The molecule has 3 aromatic heterocycles. The molecule has 10 aromatic rings. The van der Waals surface area contributed by atoms with Gasteiger partial charge in [-0.1, -0.05) is 135 Å². The van der Waals surface area contributed by atoms with Gasteiger partial charge in [0.25, 0.3) is 0 Å². The van der Waals surface area contributed by atoms with Gasteiger partial charge in [-0.2, -0.15) is 0 Å². The zero-order valence-electron chi connectivity index (χ0n) is 30.6. The van der Waals surface area contributed by atoms with E-state index in [2.05, 4.69) is 91.0 Å². The highest BCUT2D eigenvalue weighted by Crippen LogP contribution is 2.56. The Morgan fingerprint density at radius 2 is 0.893 bits per heavy atom. The number of fused-ring (bicyclic) bond motifs is 11. The van der Waals surface area contributed by atoms with E-state index in [9.17, 15) is 0 Å². The molecule has 56 heavy (non-hydrogen) atoms. The van der Waals surface area contributed by atoms with Crippen LogP contribution in [-0.2, 0) is 5.41 Å². The van der Waals surface area contributed by atoms with Crippen LogP contribution >= 0.6 is 0 Å². The molecule has 12 rings (SSSR count). The number of aromatic nitrogens is 3.